The molecule has 0 atom stereocenters. The van der Waals surface area contributed by atoms with Crippen LogP contribution < -0.4 is 0 Å². The average molecular weight is 220 g/mol. The fraction of sp³-hybridized carbons (Fsp3) is 0.500. The van der Waals surface area contributed by atoms with Crippen molar-refractivity contribution in [1.29, 1.82) is 0 Å². The highest BCUT2D eigenvalue weighted by molar-refractivity contribution is 5.79. The molecule has 0 spiro atoms. The first-order chi connectivity index (χ1) is 7.74. The van der Waals surface area contributed by atoms with Crippen LogP contribution in [0.15, 0.2) is 24.3 Å². The highest BCUT2D eigenvalue weighted by Crippen LogP contribution is 2.09. The van der Waals surface area contributed by atoms with Crippen molar-refractivity contribution in [3.8, 4) is 0 Å². The maximum atomic E-state index is 11.5. The molecule has 0 fully saturated rings. The number of benzene rings is 1. The van der Waals surface area contributed by atoms with Crippen LogP contribution in [-0.4, -0.2) is 19.0 Å². The molecule has 2 heteroatoms. The molecule has 0 aliphatic carbocycles. The molecule has 1 aromatic carbocycles. The molecule has 0 aromatic heterocycles. The molecule has 0 aliphatic heterocycles. The van der Waals surface area contributed by atoms with Crippen LogP contribution in [0.3, 0.4) is 0 Å². The highest BCUT2D eigenvalue weighted by Gasteiger charge is 2.04. The Hall–Kier alpha value is -1.15. The van der Waals surface area contributed by atoms with Crippen LogP contribution in [0.25, 0.3) is 0 Å². The normalized spacial score (nSPS) is 10.4. The van der Waals surface area contributed by atoms with Crippen molar-refractivity contribution in [2.75, 3.05) is 13.2 Å². The minimum absolute atomic E-state index is 0.191. The largest absolute Gasteiger partial charge is 0.374 e. The van der Waals surface area contributed by atoms with E-state index in [9.17, 15) is 4.79 Å². The van der Waals surface area contributed by atoms with E-state index in [1.54, 1.807) is 0 Å². The Kier molecular flexibility index (Phi) is 5.79. The predicted molar refractivity (Wildman–Crippen MR) is 65.6 cm³/mol. The quantitative estimate of drug-likeness (QED) is 0.660. The van der Waals surface area contributed by atoms with Gasteiger partial charge < -0.3 is 4.74 Å². The van der Waals surface area contributed by atoms with Crippen LogP contribution in [0.5, 0.6) is 0 Å². The van der Waals surface area contributed by atoms with Gasteiger partial charge >= 0.3 is 0 Å². The topological polar surface area (TPSA) is 26.3 Å². The lowest BCUT2D eigenvalue weighted by Gasteiger charge is -2.05. The third-order valence-corrected chi connectivity index (χ3v) is 2.55. The number of aryl methyl sites for hydroxylation is 2. The van der Waals surface area contributed by atoms with E-state index in [2.05, 4.69) is 19.1 Å². The van der Waals surface area contributed by atoms with Gasteiger partial charge in [0.25, 0.3) is 0 Å². The van der Waals surface area contributed by atoms with Gasteiger partial charge in [-0.05, 0) is 30.9 Å². The zero-order valence-corrected chi connectivity index (χ0v) is 10.2. The molecule has 0 saturated carbocycles. The van der Waals surface area contributed by atoms with Gasteiger partial charge in [0, 0.05) is 13.0 Å². The maximum Gasteiger partial charge on any atom is 0.158 e. The van der Waals surface area contributed by atoms with Crippen LogP contribution in [0.1, 0.15) is 30.9 Å². The van der Waals surface area contributed by atoms with Gasteiger partial charge in [0.05, 0.1) is 0 Å². The Balaban J connectivity index is 2.29. The first-order valence-corrected chi connectivity index (χ1v) is 5.88. The molecule has 1 rings (SSSR count). The monoisotopic (exact) mass is 220 g/mol. The van der Waals surface area contributed by atoms with Crippen LogP contribution in [0.2, 0.25) is 0 Å². The van der Waals surface area contributed by atoms with Crippen molar-refractivity contribution in [3.05, 3.63) is 35.4 Å². The second-order valence-corrected chi connectivity index (χ2v) is 4.02. The van der Waals surface area contributed by atoms with Gasteiger partial charge in [-0.2, -0.15) is 0 Å². The van der Waals surface area contributed by atoms with Gasteiger partial charge in [0.1, 0.15) is 6.61 Å². The highest BCUT2D eigenvalue weighted by atomic mass is 16.5. The lowest BCUT2D eigenvalue weighted by molar-refractivity contribution is -0.123. The summed E-state index contributed by atoms with van der Waals surface area (Å²) < 4.78 is 5.21. The standard InChI is InChI=1S/C14H20O2/c1-3-10-16-11-14(15)9-8-13-7-5-4-6-12(13)2/h4-7H,3,8-11H2,1-2H3. The van der Waals surface area contributed by atoms with Crippen molar-refractivity contribution in [2.24, 2.45) is 0 Å². The molecule has 0 heterocycles. The molecule has 2 nitrogen and oxygen atoms in total. The van der Waals surface area contributed by atoms with Crippen LogP contribution in [0.4, 0.5) is 0 Å². The summed E-state index contributed by atoms with van der Waals surface area (Å²) in [6.45, 7) is 5.06. The maximum absolute atomic E-state index is 11.5. The smallest absolute Gasteiger partial charge is 0.158 e. The number of carbonyl (C=O) groups excluding carboxylic acids is 1. The SMILES string of the molecule is CCCOCC(=O)CCc1ccccc1C. The molecule has 0 bridgehead atoms. The van der Waals surface area contributed by atoms with E-state index in [0.29, 0.717) is 13.0 Å². The Morgan fingerprint density at radius 2 is 2.06 bits per heavy atom. The number of carbonyl (C=O) groups is 1. The van der Waals surface area contributed by atoms with Gasteiger partial charge in [-0.3, -0.25) is 4.79 Å². The van der Waals surface area contributed by atoms with Crippen molar-refractivity contribution in [1.82, 2.24) is 0 Å². The Morgan fingerprint density at radius 3 is 2.75 bits per heavy atom. The molecule has 0 N–H and O–H groups in total. The van der Waals surface area contributed by atoms with Crippen LogP contribution >= 0.6 is 0 Å². The van der Waals surface area contributed by atoms with Crippen molar-refractivity contribution >= 4 is 5.78 Å². The van der Waals surface area contributed by atoms with E-state index in [1.807, 2.05) is 19.1 Å². The van der Waals surface area contributed by atoms with E-state index in [0.717, 1.165) is 12.8 Å². The molecule has 0 unspecified atom stereocenters. The summed E-state index contributed by atoms with van der Waals surface area (Å²) in [7, 11) is 0. The Morgan fingerprint density at radius 1 is 1.31 bits per heavy atom. The summed E-state index contributed by atoms with van der Waals surface area (Å²) in [5.41, 5.74) is 2.51. The molecule has 0 aliphatic rings. The van der Waals surface area contributed by atoms with Gasteiger partial charge in [-0.15, -0.1) is 0 Å². The van der Waals surface area contributed by atoms with E-state index in [-0.39, 0.29) is 12.4 Å². The summed E-state index contributed by atoms with van der Waals surface area (Å²) in [6.07, 6.45) is 2.36. The number of hydrogen-bond donors (Lipinski definition) is 0. The van der Waals surface area contributed by atoms with Crippen molar-refractivity contribution < 1.29 is 9.53 Å². The number of ketones is 1. The summed E-state index contributed by atoms with van der Waals surface area (Å²) in [5.74, 6) is 0.191. The Labute approximate surface area is 97.6 Å². The molecule has 16 heavy (non-hydrogen) atoms. The number of hydrogen-bond acceptors (Lipinski definition) is 2. The molecule has 0 saturated heterocycles. The fourth-order valence-electron chi connectivity index (χ4n) is 1.57. The molecule has 1 aromatic rings. The second kappa shape index (κ2) is 7.18. The minimum atomic E-state index is 0.191. The summed E-state index contributed by atoms with van der Waals surface area (Å²) in [6, 6.07) is 8.19. The zero-order chi connectivity index (χ0) is 11.8. The third kappa shape index (κ3) is 4.58. The summed E-state index contributed by atoms with van der Waals surface area (Å²) in [4.78, 5) is 11.5. The van der Waals surface area contributed by atoms with Gasteiger partial charge in [-0.1, -0.05) is 31.2 Å². The summed E-state index contributed by atoms with van der Waals surface area (Å²) in [5, 5.41) is 0. The molecule has 0 radical (unpaired) electrons. The third-order valence-electron chi connectivity index (χ3n) is 2.55. The first kappa shape index (κ1) is 12.9. The van der Waals surface area contributed by atoms with Gasteiger partial charge in [0.15, 0.2) is 5.78 Å². The lowest BCUT2D eigenvalue weighted by Crippen LogP contribution is -2.10. The van der Waals surface area contributed by atoms with Crippen LogP contribution in [-0.2, 0) is 16.0 Å². The Bertz CT molecular complexity index is 331. The molecule has 0 amide bonds. The molecular formula is C14H20O2. The number of Topliss-reactive ketones (excluding diaryl/α,β-unsaturated/α-hetero) is 1. The number of ether oxygens (including phenoxy) is 1. The van der Waals surface area contributed by atoms with E-state index in [1.165, 1.54) is 11.1 Å². The van der Waals surface area contributed by atoms with Gasteiger partial charge in [-0.25, -0.2) is 0 Å². The predicted octanol–water partition coefficient (Wildman–Crippen LogP) is 2.92. The van der Waals surface area contributed by atoms with E-state index < -0.39 is 0 Å². The van der Waals surface area contributed by atoms with Gasteiger partial charge in [0.2, 0.25) is 0 Å². The average Bonchev–Trinajstić information content (AvgIpc) is 2.28. The second-order valence-electron chi connectivity index (χ2n) is 4.02. The fourth-order valence-corrected chi connectivity index (χ4v) is 1.57. The van der Waals surface area contributed by atoms with Crippen molar-refractivity contribution in [3.63, 3.8) is 0 Å². The van der Waals surface area contributed by atoms with E-state index >= 15 is 0 Å². The summed E-state index contributed by atoms with van der Waals surface area (Å²) >= 11 is 0. The molecule has 88 valence electrons. The van der Waals surface area contributed by atoms with E-state index in [4.69, 9.17) is 4.74 Å². The lowest BCUT2D eigenvalue weighted by atomic mass is 10.0. The van der Waals surface area contributed by atoms with Crippen LogP contribution in [0, 0.1) is 6.92 Å². The number of rotatable bonds is 7. The molecular weight excluding hydrogens is 200 g/mol. The first-order valence-electron chi connectivity index (χ1n) is 5.88. The van der Waals surface area contributed by atoms with Crippen molar-refractivity contribution in [2.45, 2.75) is 33.1 Å². The zero-order valence-electron chi connectivity index (χ0n) is 10.2. The minimum Gasteiger partial charge on any atom is -0.374 e.